The lowest BCUT2D eigenvalue weighted by Gasteiger charge is -2.26. The molecule has 0 amide bonds. The van der Waals surface area contributed by atoms with E-state index in [0.29, 0.717) is 0 Å². The fourth-order valence-electron chi connectivity index (χ4n) is 7.36. The van der Waals surface area contributed by atoms with Gasteiger partial charge in [0.05, 0.1) is 0 Å². The van der Waals surface area contributed by atoms with E-state index < -0.39 is 0 Å². The number of nitrogens with two attached hydrogens (primary N) is 2. The molecule has 0 saturated carbocycles. The molecule has 0 aliphatic carbocycles. The van der Waals surface area contributed by atoms with E-state index in [0.717, 1.165) is 77.1 Å². The van der Waals surface area contributed by atoms with Gasteiger partial charge in [-0.25, -0.2) is 0 Å². The van der Waals surface area contributed by atoms with Gasteiger partial charge >= 0.3 is 0 Å². The van der Waals surface area contributed by atoms with Gasteiger partial charge in [0.2, 0.25) is 0 Å². The van der Waals surface area contributed by atoms with E-state index in [9.17, 15) is 0 Å². The van der Waals surface area contributed by atoms with Gasteiger partial charge in [-0.05, 0) is 94.9 Å². The maximum absolute atomic E-state index is 7.34. The van der Waals surface area contributed by atoms with Gasteiger partial charge in [0, 0.05) is 33.1 Å². The molecule has 2 heteroatoms. The van der Waals surface area contributed by atoms with E-state index in [2.05, 4.69) is 155 Å². The van der Waals surface area contributed by atoms with Gasteiger partial charge in [0.25, 0.3) is 0 Å². The first-order valence-electron chi connectivity index (χ1n) is 16.6. The Balaban J connectivity index is 1.73. The molecular weight excluding hydrogens is 581 g/mol. The number of hydrogen-bond acceptors (Lipinski definition) is 2. The van der Waals surface area contributed by atoms with Crippen LogP contribution in [0.25, 0.3) is 76.8 Å². The Bertz CT molecular complexity index is 2500. The van der Waals surface area contributed by atoms with Crippen molar-refractivity contribution in [3.8, 4) is 44.5 Å². The Morgan fingerprint density at radius 2 is 0.667 bits per heavy atom. The second-order valence-electron chi connectivity index (χ2n) is 13.3. The van der Waals surface area contributed by atoms with Gasteiger partial charge in [-0.3, -0.25) is 0 Å². The highest BCUT2D eigenvalue weighted by Gasteiger charge is 2.27. The molecule has 8 rings (SSSR count). The van der Waals surface area contributed by atoms with E-state index in [4.69, 9.17) is 11.5 Å². The van der Waals surface area contributed by atoms with Crippen molar-refractivity contribution in [2.24, 2.45) is 0 Å². The summed E-state index contributed by atoms with van der Waals surface area (Å²) in [5, 5.41) is 6.51. The van der Waals surface area contributed by atoms with Crippen LogP contribution in [-0.2, 0) is 0 Å². The van der Waals surface area contributed by atoms with Crippen LogP contribution in [0.2, 0.25) is 0 Å². The number of aryl methyl sites for hydroxylation is 4. The van der Waals surface area contributed by atoms with Crippen LogP contribution in [0.3, 0.4) is 0 Å². The van der Waals surface area contributed by atoms with E-state index in [1.807, 2.05) is 6.07 Å². The topological polar surface area (TPSA) is 52.0 Å². The highest BCUT2D eigenvalue weighted by molar-refractivity contribution is 6.32. The molecule has 4 N–H and O–H groups in total. The first kappa shape index (κ1) is 29.5. The van der Waals surface area contributed by atoms with Gasteiger partial charge in [-0.15, -0.1) is 0 Å². The third-order valence-electron chi connectivity index (χ3n) is 9.84. The second-order valence-corrected chi connectivity index (χ2v) is 13.3. The molecule has 0 fully saturated rings. The molecule has 0 aliphatic heterocycles. The largest absolute Gasteiger partial charge is 0.398 e. The zero-order valence-electron chi connectivity index (χ0n) is 27.9. The zero-order valence-corrected chi connectivity index (χ0v) is 27.9. The van der Waals surface area contributed by atoms with Crippen LogP contribution >= 0.6 is 0 Å². The van der Waals surface area contributed by atoms with Gasteiger partial charge in [0.15, 0.2) is 0 Å². The van der Waals surface area contributed by atoms with Crippen LogP contribution < -0.4 is 11.5 Å². The van der Waals surface area contributed by atoms with Crippen LogP contribution in [-0.4, -0.2) is 0 Å². The average molecular weight is 619 g/mol. The number of nitrogen functional groups attached to an aromatic ring is 2. The van der Waals surface area contributed by atoms with Crippen molar-refractivity contribution in [2.75, 3.05) is 11.5 Å². The fraction of sp³-hybridized carbons (Fsp3) is 0.0870. The summed E-state index contributed by atoms with van der Waals surface area (Å²) in [5.41, 5.74) is 29.9. The summed E-state index contributed by atoms with van der Waals surface area (Å²) in [5.74, 6) is 0. The van der Waals surface area contributed by atoms with E-state index in [1.54, 1.807) is 0 Å². The van der Waals surface area contributed by atoms with E-state index >= 15 is 0 Å². The molecule has 8 aromatic carbocycles. The summed E-state index contributed by atoms with van der Waals surface area (Å²) in [6.07, 6.45) is 0. The highest BCUT2D eigenvalue weighted by atomic mass is 14.6. The fourth-order valence-corrected chi connectivity index (χ4v) is 7.36. The van der Waals surface area contributed by atoms with Crippen LogP contribution in [0, 0.1) is 27.7 Å². The first-order valence-corrected chi connectivity index (χ1v) is 16.6. The van der Waals surface area contributed by atoms with Crippen LogP contribution in [0.15, 0.2) is 133 Å². The Morgan fingerprint density at radius 1 is 0.312 bits per heavy atom. The Labute approximate surface area is 282 Å². The number of anilines is 2. The van der Waals surface area contributed by atoms with Crippen molar-refractivity contribution in [3.05, 3.63) is 156 Å². The molecule has 48 heavy (non-hydrogen) atoms. The van der Waals surface area contributed by atoms with Crippen molar-refractivity contribution < 1.29 is 0 Å². The first-order chi connectivity index (χ1) is 23.3. The van der Waals surface area contributed by atoms with Gasteiger partial charge in [-0.1, -0.05) is 144 Å². The van der Waals surface area contributed by atoms with Gasteiger partial charge in [-0.2, -0.15) is 0 Å². The Hall–Kier alpha value is -5.86. The molecule has 0 unspecified atom stereocenters. The number of rotatable bonds is 4. The molecule has 2 nitrogen and oxygen atoms in total. The lowest BCUT2D eigenvalue weighted by Crippen LogP contribution is -2.01. The maximum Gasteiger partial charge on any atom is 0.0407 e. The number of benzene rings is 8. The summed E-state index contributed by atoms with van der Waals surface area (Å²) >= 11 is 0. The molecule has 0 spiro atoms. The molecule has 0 bridgehead atoms. The lowest BCUT2D eigenvalue weighted by molar-refractivity contribution is 1.45. The summed E-state index contributed by atoms with van der Waals surface area (Å²) in [4.78, 5) is 0. The predicted molar refractivity (Wildman–Crippen MR) is 208 cm³/mol. The zero-order chi connectivity index (χ0) is 33.1. The van der Waals surface area contributed by atoms with Crippen molar-refractivity contribution in [2.45, 2.75) is 27.7 Å². The number of hydrogen-bond donors (Lipinski definition) is 2. The second kappa shape index (κ2) is 11.4. The third kappa shape index (κ3) is 4.80. The van der Waals surface area contributed by atoms with Crippen LogP contribution in [0.1, 0.15) is 22.3 Å². The van der Waals surface area contributed by atoms with Gasteiger partial charge < -0.3 is 11.5 Å². The highest BCUT2D eigenvalue weighted by Crippen LogP contribution is 2.54. The minimum atomic E-state index is 0.750. The van der Waals surface area contributed by atoms with Gasteiger partial charge in [0.1, 0.15) is 0 Å². The Kier molecular flexibility index (Phi) is 7.04. The standard InChI is InChI=1S/C46H38N2/c1-27-9-17-31(18-10-27)41-42(32-19-11-28(2)12-20-32)44(34-23-15-30(4)16-24-34)46-40(48)25-37-35-7-5-6-8-36(35)39(47)26-38(37)45(46)43(41)33-21-13-29(3)14-22-33/h5-26H,47-48H2,1-4H3. The molecule has 0 atom stereocenters. The van der Waals surface area contributed by atoms with E-state index in [-0.39, 0.29) is 0 Å². The normalized spacial score (nSPS) is 11.5. The molecule has 0 aliphatic rings. The van der Waals surface area contributed by atoms with Crippen molar-refractivity contribution in [1.82, 2.24) is 0 Å². The molecular formula is C46H38N2. The quantitative estimate of drug-likeness (QED) is 0.152. The van der Waals surface area contributed by atoms with Crippen molar-refractivity contribution in [1.29, 1.82) is 0 Å². The minimum Gasteiger partial charge on any atom is -0.398 e. The molecule has 0 saturated heterocycles. The predicted octanol–water partition coefficient (Wildman–Crippen LogP) is 12.2. The lowest BCUT2D eigenvalue weighted by atomic mass is 9.77. The monoisotopic (exact) mass is 618 g/mol. The molecule has 0 aromatic heterocycles. The molecule has 232 valence electrons. The van der Waals surface area contributed by atoms with Crippen LogP contribution in [0.5, 0.6) is 0 Å². The third-order valence-corrected chi connectivity index (χ3v) is 9.84. The average Bonchev–Trinajstić information content (AvgIpc) is 3.10. The summed E-state index contributed by atoms with van der Waals surface area (Å²) in [7, 11) is 0. The minimum absolute atomic E-state index is 0.750. The van der Waals surface area contributed by atoms with E-state index in [1.165, 1.54) is 33.4 Å². The molecule has 8 aromatic rings. The molecule has 0 radical (unpaired) electrons. The van der Waals surface area contributed by atoms with Crippen LogP contribution in [0.4, 0.5) is 11.4 Å². The summed E-state index contributed by atoms with van der Waals surface area (Å²) in [6, 6.07) is 48.4. The summed E-state index contributed by atoms with van der Waals surface area (Å²) < 4.78 is 0. The molecule has 0 heterocycles. The maximum atomic E-state index is 7.34. The Morgan fingerprint density at radius 3 is 1.10 bits per heavy atom. The SMILES string of the molecule is Cc1ccc(-c2c(-c3ccc(C)cc3)c(-c3ccc(C)cc3)c3c(c(N)cc4c5ccccc5c(N)cc43)c2-c2ccc(C)cc2)cc1. The smallest absolute Gasteiger partial charge is 0.0407 e. The van der Waals surface area contributed by atoms with Crippen molar-refractivity contribution >= 4 is 43.7 Å². The summed E-state index contributed by atoms with van der Waals surface area (Å²) in [6.45, 7) is 8.56. The van der Waals surface area contributed by atoms with Crippen molar-refractivity contribution in [3.63, 3.8) is 0 Å². The number of fused-ring (bicyclic) bond motifs is 5.